The number of aliphatic hydroxyl groups is 1. The van der Waals surface area contributed by atoms with Gasteiger partial charge in [0.05, 0.1) is 4.88 Å². The Morgan fingerprint density at radius 3 is 2.85 bits per heavy atom. The highest BCUT2D eigenvalue weighted by Gasteiger charge is 2.19. The molecule has 1 heterocycles. The fraction of sp³-hybridized carbons (Fsp3) is 0.400. The molecule has 0 radical (unpaired) electrons. The van der Waals surface area contributed by atoms with Crippen LogP contribution in [0.2, 0.25) is 0 Å². The number of nitrogens with two attached hydrogens (primary N) is 1. The summed E-state index contributed by atoms with van der Waals surface area (Å²) in [5.74, 6) is -0.0733. The largest absolute Gasteiger partial charge is 0.399 e. The van der Waals surface area contributed by atoms with Crippen LogP contribution in [0.5, 0.6) is 0 Å². The molecule has 1 amide bonds. The number of nitrogen functional groups attached to an aromatic ring is 1. The minimum Gasteiger partial charge on any atom is -0.399 e. The molecule has 1 aromatic heterocycles. The molecule has 5 heteroatoms. The van der Waals surface area contributed by atoms with Crippen LogP contribution in [0.3, 0.4) is 0 Å². The smallest absolute Gasteiger partial charge is 0.261 e. The van der Waals surface area contributed by atoms with Gasteiger partial charge in [0, 0.05) is 23.5 Å². The van der Waals surface area contributed by atoms with E-state index in [0.29, 0.717) is 23.5 Å². The lowest BCUT2D eigenvalue weighted by molar-refractivity contribution is 0.0932. The second kappa shape index (κ2) is 5.81. The summed E-state index contributed by atoms with van der Waals surface area (Å²) in [7, 11) is 0. The zero-order chi connectivity index (χ0) is 14.8. The van der Waals surface area contributed by atoms with Crippen molar-refractivity contribution in [2.45, 2.75) is 20.3 Å². The molecule has 0 spiro atoms. The van der Waals surface area contributed by atoms with Crippen molar-refractivity contribution < 1.29 is 9.90 Å². The van der Waals surface area contributed by atoms with E-state index in [1.54, 1.807) is 0 Å². The van der Waals surface area contributed by atoms with Gasteiger partial charge in [0.1, 0.15) is 0 Å². The van der Waals surface area contributed by atoms with E-state index in [-0.39, 0.29) is 17.9 Å². The van der Waals surface area contributed by atoms with Crippen molar-refractivity contribution in [1.82, 2.24) is 5.32 Å². The van der Waals surface area contributed by atoms with Gasteiger partial charge in [-0.2, -0.15) is 0 Å². The van der Waals surface area contributed by atoms with E-state index >= 15 is 0 Å². The molecule has 0 aliphatic carbocycles. The molecule has 20 heavy (non-hydrogen) atoms. The predicted molar refractivity (Wildman–Crippen MR) is 84.1 cm³/mol. The Kier molecular flexibility index (Phi) is 4.30. The van der Waals surface area contributed by atoms with E-state index in [4.69, 9.17) is 10.8 Å². The first-order valence-corrected chi connectivity index (χ1v) is 7.41. The number of thiophene rings is 1. The second-order valence-corrected chi connectivity index (χ2v) is 6.81. The van der Waals surface area contributed by atoms with Gasteiger partial charge in [-0.3, -0.25) is 4.79 Å². The van der Waals surface area contributed by atoms with Crippen LogP contribution >= 0.6 is 11.3 Å². The molecule has 4 nitrogen and oxygen atoms in total. The van der Waals surface area contributed by atoms with Crippen molar-refractivity contribution in [2.24, 2.45) is 5.41 Å². The SMILES string of the molecule is CC(C)(CCO)CNC(=O)c1cc2cc(N)ccc2s1. The van der Waals surface area contributed by atoms with Gasteiger partial charge in [0.15, 0.2) is 0 Å². The molecule has 4 N–H and O–H groups in total. The van der Waals surface area contributed by atoms with Crippen LogP contribution in [-0.2, 0) is 0 Å². The van der Waals surface area contributed by atoms with Crippen molar-refractivity contribution in [3.05, 3.63) is 29.1 Å². The second-order valence-electron chi connectivity index (χ2n) is 5.73. The number of hydrogen-bond acceptors (Lipinski definition) is 4. The number of fused-ring (bicyclic) bond motifs is 1. The van der Waals surface area contributed by atoms with Gasteiger partial charge >= 0.3 is 0 Å². The lowest BCUT2D eigenvalue weighted by Gasteiger charge is -2.23. The summed E-state index contributed by atoms with van der Waals surface area (Å²) in [5, 5.41) is 12.9. The summed E-state index contributed by atoms with van der Waals surface area (Å²) in [4.78, 5) is 12.8. The molecule has 0 aliphatic rings. The molecule has 0 saturated carbocycles. The minimum atomic E-state index is -0.106. The highest BCUT2D eigenvalue weighted by molar-refractivity contribution is 7.20. The van der Waals surface area contributed by atoms with Gasteiger partial charge in [-0.05, 0) is 41.5 Å². The van der Waals surface area contributed by atoms with Crippen LogP contribution in [0.15, 0.2) is 24.3 Å². The standard InChI is InChI=1S/C15H20N2O2S/c1-15(2,5-6-18)9-17-14(19)13-8-10-7-11(16)3-4-12(10)20-13/h3-4,7-8,18H,5-6,9,16H2,1-2H3,(H,17,19). The van der Waals surface area contributed by atoms with E-state index < -0.39 is 0 Å². The monoisotopic (exact) mass is 292 g/mol. The van der Waals surface area contributed by atoms with Crippen molar-refractivity contribution in [3.8, 4) is 0 Å². The number of carbonyl (C=O) groups excluding carboxylic acids is 1. The number of anilines is 1. The minimum absolute atomic E-state index is 0.0733. The molecule has 2 aromatic rings. The van der Waals surface area contributed by atoms with Crippen LogP contribution in [0.1, 0.15) is 29.9 Å². The lowest BCUT2D eigenvalue weighted by atomic mass is 9.90. The third kappa shape index (κ3) is 3.49. The van der Waals surface area contributed by atoms with Gasteiger partial charge < -0.3 is 16.2 Å². The van der Waals surface area contributed by atoms with Gasteiger partial charge in [0.2, 0.25) is 0 Å². The molecule has 0 fully saturated rings. The van der Waals surface area contributed by atoms with Crippen LogP contribution in [0, 0.1) is 5.41 Å². The molecule has 108 valence electrons. The van der Waals surface area contributed by atoms with Crippen molar-refractivity contribution in [2.75, 3.05) is 18.9 Å². The fourth-order valence-corrected chi connectivity index (χ4v) is 2.93. The topological polar surface area (TPSA) is 75.3 Å². The molecule has 0 bridgehead atoms. The number of hydrogen-bond donors (Lipinski definition) is 3. The number of benzene rings is 1. The van der Waals surface area contributed by atoms with Crippen LogP contribution in [0.4, 0.5) is 5.69 Å². The number of aliphatic hydroxyl groups excluding tert-OH is 1. The molecule has 2 rings (SSSR count). The van der Waals surface area contributed by atoms with Crippen molar-refractivity contribution in [1.29, 1.82) is 0 Å². The Labute approximate surface area is 122 Å². The van der Waals surface area contributed by atoms with E-state index in [1.165, 1.54) is 11.3 Å². The molecule has 0 aliphatic heterocycles. The van der Waals surface area contributed by atoms with Crippen molar-refractivity contribution in [3.63, 3.8) is 0 Å². The number of nitrogens with one attached hydrogen (secondary N) is 1. The average Bonchev–Trinajstić information content (AvgIpc) is 2.79. The maximum atomic E-state index is 12.2. The van der Waals surface area contributed by atoms with E-state index in [0.717, 1.165) is 10.1 Å². The van der Waals surface area contributed by atoms with Crippen molar-refractivity contribution >= 4 is 33.0 Å². The molecule has 0 atom stereocenters. The van der Waals surface area contributed by atoms with Gasteiger partial charge in [-0.1, -0.05) is 13.8 Å². The first-order chi connectivity index (χ1) is 9.41. The third-order valence-electron chi connectivity index (χ3n) is 3.28. The lowest BCUT2D eigenvalue weighted by Crippen LogP contribution is -2.34. The third-order valence-corrected chi connectivity index (χ3v) is 4.40. The van der Waals surface area contributed by atoms with Crippen LogP contribution in [0.25, 0.3) is 10.1 Å². The summed E-state index contributed by atoms with van der Waals surface area (Å²) in [6, 6.07) is 7.51. The highest BCUT2D eigenvalue weighted by atomic mass is 32.1. The Morgan fingerprint density at radius 2 is 2.15 bits per heavy atom. The van der Waals surface area contributed by atoms with Crippen LogP contribution < -0.4 is 11.1 Å². The summed E-state index contributed by atoms with van der Waals surface area (Å²) in [6.45, 7) is 4.72. The summed E-state index contributed by atoms with van der Waals surface area (Å²) in [6.07, 6.45) is 0.663. The maximum Gasteiger partial charge on any atom is 0.261 e. The number of carbonyl (C=O) groups is 1. The summed E-state index contributed by atoms with van der Waals surface area (Å²) in [5.41, 5.74) is 6.33. The van der Waals surface area contributed by atoms with Gasteiger partial charge in [0.25, 0.3) is 5.91 Å². The quantitative estimate of drug-likeness (QED) is 0.742. The normalized spacial score (nSPS) is 11.8. The average molecular weight is 292 g/mol. The number of rotatable bonds is 5. The summed E-state index contributed by atoms with van der Waals surface area (Å²) >= 11 is 1.46. The fourth-order valence-electron chi connectivity index (χ4n) is 1.97. The zero-order valence-electron chi connectivity index (χ0n) is 11.8. The Morgan fingerprint density at radius 1 is 1.40 bits per heavy atom. The zero-order valence-corrected chi connectivity index (χ0v) is 12.6. The maximum absolute atomic E-state index is 12.2. The molecule has 0 saturated heterocycles. The first kappa shape index (κ1) is 14.8. The van der Waals surface area contributed by atoms with E-state index in [2.05, 4.69) is 5.32 Å². The van der Waals surface area contributed by atoms with E-state index in [1.807, 2.05) is 38.1 Å². The first-order valence-electron chi connectivity index (χ1n) is 6.59. The number of amides is 1. The van der Waals surface area contributed by atoms with Gasteiger partial charge in [-0.25, -0.2) is 0 Å². The molecular weight excluding hydrogens is 272 g/mol. The Balaban J connectivity index is 2.08. The van der Waals surface area contributed by atoms with E-state index in [9.17, 15) is 4.79 Å². The highest BCUT2D eigenvalue weighted by Crippen LogP contribution is 2.27. The molecule has 0 unspecified atom stereocenters. The Hall–Kier alpha value is -1.59. The molecular formula is C15H20N2O2S. The van der Waals surface area contributed by atoms with Crippen LogP contribution in [-0.4, -0.2) is 24.2 Å². The predicted octanol–water partition coefficient (Wildman–Crippen LogP) is 2.62. The summed E-state index contributed by atoms with van der Waals surface area (Å²) < 4.78 is 1.05. The molecule has 1 aromatic carbocycles. The van der Waals surface area contributed by atoms with Gasteiger partial charge in [-0.15, -0.1) is 11.3 Å². The Bertz CT molecular complexity index is 619.